The molecule has 0 radical (unpaired) electrons. The summed E-state index contributed by atoms with van der Waals surface area (Å²) in [4.78, 5) is -0.765. The molecule has 1 rings (SSSR count). The fourth-order valence-corrected chi connectivity index (χ4v) is 4.45. The van der Waals surface area contributed by atoms with Crippen LogP contribution in [0.3, 0.4) is 0 Å². The topological polar surface area (TPSA) is 80.8 Å². The van der Waals surface area contributed by atoms with E-state index in [1.54, 1.807) is 6.92 Å². The van der Waals surface area contributed by atoms with Crippen molar-refractivity contribution in [3.05, 3.63) is 24.3 Å². The minimum Gasteiger partial charge on any atom is -0.380 e. The van der Waals surface area contributed by atoms with E-state index >= 15 is 0 Å². The van der Waals surface area contributed by atoms with Gasteiger partial charge in [0, 0.05) is 30.9 Å². The third-order valence-corrected chi connectivity index (χ3v) is 5.98. The number of nitrogens with zero attached hydrogens (tertiary/aromatic N) is 1. The van der Waals surface area contributed by atoms with Crippen LogP contribution in [0.1, 0.15) is 6.92 Å². The predicted molar refractivity (Wildman–Crippen MR) is 75.8 cm³/mol. The Bertz CT molecular complexity index is 657. The molecule has 0 N–H and O–H groups in total. The lowest BCUT2D eigenvalue weighted by Gasteiger charge is -2.18. The molecule has 0 fully saturated rings. The number of ether oxygens (including phenoxy) is 1. The van der Waals surface area contributed by atoms with Crippen molar-refractivity contribution in [1.29, 1.82) is 0 Å². The summed E-state index contributed by atoms with van der Waals surface area (Å²) in [7, 11) is -1.46. The van der Waals surface area contributed by atoms with Crippen molar-refractivity contribution in [3.8, 4) is 0 Å². The Hall–Kier alpha value is -0.670. The molecule has 0 aliphatic rings. The highest BCUT2D eigenvalue weighted by atomic mass is 35.7. The second kappa shape index (κ2) is 6.86. The van der Waals surface area contributed by atoms with Gasteiger partial charge in [-0.05, 0) is 19.1 Å². The number of rotatable bonds is 7. The van der Waals surface area contributed by atoms with Gasteiger partial charge in [0.15, 0.2) is 0 Å². The number of hydrogen-bond donors (Lipinski definition) is 0. The van der Waals surface area contributed by atoms with Gasteiger partial charge >= 0.3 is 0 Å². The maximum Gasteiger partial charge on any atom is 0.262 e. The van der Waals surface area contributed by atoms with Crippen molar-refractivity contribution in [2.45, 2.75) is 16.7 Å². The van der Waals surface area contributed by atoms with Crippen LogP contribution in [0.4, 0.5) is 0 Å². The van der Waals surface area contributed by atoms with Crippen LogP contribution in [0.15, 0.2) is 34.1 Å². The van der Waals surface area contributed by atoms with Crippen molar-refractivity contribution >= 4 is 29.8 Å². The first-order valence-corrected chi connectivity index (χ1v) is 9.54. The quantitative estimate of drug-likeness (QED) is 0.551. The molecule has 0 saturated heterocycles. The lowest BCUT2D eigenvalue weighted by Crippen LogP contribution is -2.31. The van der Waals surface area contributed by atoms with Gasteiger partial charge in [-0.25, -0.2) is 16.8 Å². The van der Waals surface area contributed by atoms with Crippen LogP contribution in [0.2, 0.25) is 0 Å². The molecule has 0 atom stereocenters. The summed E-state index contributed by atoms with van der Waals surface area (Å²) in [6, 6.07) is 5.22. The van der Waals surface area contributed by atoms with E-state index in [4.69, 9.17) is 15.4 Å². The van der Waals surface area contributed by atoms with Crippen LogP contribution in [-0.2, 0) is 23.8 Å². The largest absolute Gasteiger partial charge is 0.380 e. The van der Waals surface area contributed by atoms with Gasteiger partial charge in [-0.3, -0.25) is 0 Å². The fourth-order valence-electron chi connectivity index (χ4n) is 1.49. The van der Waals surface area contributed by atoms with Crippen molar-refractivity contribution in [3.63, 3.8) is 0 Å². The Morgan fingerprint density at radius 3 is 2.20 bits per heavy atom. The van der Waals surface area contributed by atoms with E-state index < -0.39 is 24.0 Å². The van der Waals surface area contributed by atoms with Gasteiger partial charge in [0.1, 0.15) is 9.79 Å². The molecule has 0 aliphatic carbocycles. The summed E-state index contributed by atoms with van der Waals surface area (Å²) >= 11 is 0. The Balaban J connectivity index is 3.17. The second-order valence-electron chi connectivity index (χ2n) is 3.91. The number of sulfonamides is 1. The van der Waals surface area contributed by atoms with Gasteiger partial charge in [0.25, 0.3) is 9.05 Å². The smallest absolute Gasteiger partial charge is 0.262 e. The van der Waals surface area contributed by atoms with Gasteiger partial charge in [-0.1, -0.05) is 12.1 Å². The molecule has 114 valence electrons. The van der Waals surface area contributed by atoms with Crippen LogP contribution in [0.25, 0.3) is 0 Å². The molecule has 20 heavy (non-hydrogen) atoms. The molecule has 0 bridgehead atoms. The maximum atomic E-state index is 12.3. The Labute approximate surface area is 123 Å². The SMILES string of the molecule is CCOCCN(C)S(=O)(=O)c1ccccc1S(=O)(=O)Cl. The van der Waals surface area contributed by atoms with Crippen LogP contribution < -0.4 is 0 Å². The zero-order chi connectivity index (χ0) is 15.4. The molecule has 0 saturated carbocycles. The first kappa shape index (κ1) is 17.4. The molecule has 1 aromatic carbocycles. The normalized spacial score (nSPS) is 12.8. The maximum absolute atomic E-state index is 12.3. The number of benzene rings is 1. The highest BCUT2D eigenvalue weighted by molar-refractivity contribution is 8.14. The van der Waals surface area contributed by atoms with E-state index in [-0.39, 0.29) is 18.0 Å². The van der Waals surface area contributed by atoms with Gasteiger partial charge in [-0.15, -0.1) is 0 Å². The molecule has 0 amide bonds. The summed E-state index contributed by atoms with van der Waals surface area (Å²) in [5, 5.41) is 0. The predicted octanol–water partition coefficient (Wildman–Crippen LogP) is 1.27. The number of likely N-dealkylation sites (N-methyl/N-ethyl adjacent to an activating group) is 1. The summed E-state index contributed by atoms with van der Waals surface area (Å²) in [6.45, 7) is 2.61. The third kappa shape index (κ3) is 4.16. The van der Waals surface area contributed by atoms with Crippen LogP contribution in [-0.4, -0.2) is 47.9 Å². The molecular weight excluding hydrogens is 326 g/mol. The van der Waals surface area contributed by atoms with Gasteiger partial charge in [0.2, 0.25) is 10.0 Å². The molecule has 0 aromatic heterocycles. The van der Waals surface area contributed by atoms with E-state index in [0.717, 1.165) is 10.4 Å². The number of halogens is 1. The molecule has 0 heterocycles. The van der Waals surface area contributed by atoms with Crippen LogP contribution >= 0.6 is 10.7 Å². The fraction of sp³-hybridized carbons (Fsp3) is 0.455. The minimum absolute atomic E-state index is 0.118. The van der Waals surface area contributed by atoms with Gasteiger partial charge in [-0.2, -0.15) is 4.31 Å². The van der Waals surface area contributed by atoms with Crippen LogP contribution in [0, 0.1) is 0 Å². The molecule has 6 nitrogen and oxygen atoms in total. The van der Waals surface area contributed by atoms with E-state index in [2.05, 4.69) is 0 Å². The molecular formula is C11H16ClNO5S2. The summed E-state index contributed by atoms with van der Waals surface area (Å²) in [6.07, 6.45) is 0. The monoisotopic (exact) mass is 341 g/mol. The van der Waals surface area contributed by atoms with Crippen molar-refractivity contribution in [1.82, 2.24) is 4.31 Å². The van der Waals surface area contributed by atoms with Crippen LogP contribution in [0.5, 0.6) is 0 Å². The number of hydrogen-bond acceptors (Lipinski definition) is 5. The second-order valence-corrected chi connectivity index (χ2v) is 8.46. The zero-order valence-electron chi connectivity index (χ0n) is 11.1. The molecule has 1 aromatic rings. The minimum atomic E-state index is -4.14. The Morgan fingerprint density at radius 1 is 1.15 bits per heavy atom. The van der Waals surface area contributed by atoms with E-state index in [1.807, 2.05) is 0 Å². The highest BCUT2D eigenvalue weighted by Crippen LogP contribution is 2.25. The molecule has 0 aliphatic heterocycles. The average molecular weight is 342 g/mol. The zero-order valence-corrected chi connectivity index (χ0v) is 13.5. The summed E-state index contributed by atoms with van der Waals surface area (Å²) in [5.41, 5.74) is 0. The average Bonchev–Trinajstić information content (AvgIpc) is 2.38. The van der Waals surface area contributed by atoms with Gasteiger partial charge in [0.05, 0.1) is 6.61 Å². The van der Waals surface area contributed by atoms with E-state index in [1.165, 1.54) is 25.2 Å². The summed E-state index contributed by atoms with van der Waals surface area (Å²) < 4.78 is 53.7. The summed E-state index contributed by atoms with van der Waals surface area (Å²) in [5.74, 6) is 0. The Morgan fingerprint density at radius 2 is 1.70 bits per heavy atom. The lowest BCUT2D eigenvalue weighted by atomic mass is 10.4. The Kier molecular flexibility index (Phi) is 5.96. The first-order chi connectivity index (χ1) is 9.21. The van der Waals surface area contributed by atoms with E-state index in [9.17, 15) is 16.8 Å². The van der Waals surface area contributed by atoms with Gasteiger partial charge < -0.3 is 4.74 Å². The third-order valence-electron chi connectivity index (χ3n) is 2.55. The first-order valence-electron chi connectivity index (χ1n) is 5.79. The lowest BCUT2D eigenvalue weighted by molar-refractivity contribution is 0.138. The molecule has 9 heteroatoms. The highest BCUT2D eigenvalue weighted by Gasteiger charge is 2.28. The van der Waals surface area contributed by atoms with Crippen molar-refractivity contribution in [2.24, 2.45) is 0 Å². The van der Waals surface area contributed by atoms with Crippen molar-refractivity contribution < 1.29 is 21.6 Å². The molecule has 0 unspecified atom stereocenters. The standard InChI is InChI=1S/C11H16ClNO5S2/c1-3-18-9-8-13(2)20(16,17)11-7-5-4-6-10(11)19(12,14)15/h4-7H,3,8-9H2,1-2H3. The molecule has 0 spiro atoms. The van der Waals surface area contributed by atoms with Crippen molar-refractivity contribution in [2.75, 3.05) is 26.8 Å². The van der Waals surface area contributed by atoms with E-state index in [0.29, 0.717) is 6.61 Å².